The van der Waals surface area contributed by atoms with Gasteiger partial charge in [0.15, 0.2) is 12.1 Å². The number of aliphatic hydroxyl groups is 3. The molecule has 12 atom stereocenters. The van der Waals surface area contributed by atoms with Crippen LogP contribution in [0.15, 0.2) is 48.1 Å². The van der Waals surface area contributed by atoms with E-state index in [2.05, 4.69) is 40.1 Å². The first-order valence-corrected chi connectivity index (χ1v) is 20.9. The molecule has 0 bridgehead atoms. The minimum absolute atomic E-state index is 0.0122. The number of likely N-dealkylation sites (tertiary alicyclic amines) is 1. The Morgan fingerprint density at radius 2 is 1.60 bits per heavy atom. The molecule has 4 heterocycles. The number of esters is 1. The van der Waals surface area contributed by atoms with Crippen molar-refractivity contribution in [1.29, 1.82) is 0 Å². The molecule has 11 heteroatoms. The zero-order chi connectivity index (χ0) is 39.8. The summed E-state index contributed by atoms with van der Waals surface area (Å²) in [6.07, 6.45) is 4.67. The first-order valence-electron chi connectivity index (χ1n) is 20.9. The molecule has 0 radical (unpaired) electrons. The molecule has 2 fully saturated rings. The maximum absolute atomic E-state index is 13.9. The number of carbonyl (C=O) groups is 2. The number of ether oxygens (including phenoxy) is 3. The number of fused-ring (bicyclic) bond motifs is 1. The van der Waals surface area contributed by atoms with E-state index in [1.54, 1.807) is 32.0 Å². The fraction of sp³-hybridized carbons (Fsp3) is 0.727. The number of carbonyl (C=O) groups excluding carboxylic acids is 2. The second kappa shape index (κ2) is 20.3. The van der Waals surface area contributed by atoms with Crippen molar-refractivity contribution in [3.8, 4) is 0 Å². The molecule has 2 saturated heterocycles. The third-order valence-corrected chi connectivity index (χ3v) is 12.6. The van der Waals surface area contributed by atoms with Gasteiger partial charge in [0.25, 0.3) is 0 Å². The van der Waals surface area contributed by atoms with Crippen LogP contribution >= 0.6 is 0 Å². The van der Waals surface area contributed by atoms with E-state index >= 15 is 0 Å². The lowest BCUT2D eigenvalue weighted by Gasteiger charge is -2.47. The standard InChI is InChI=1S/C44H69N3O8/c1-8-38-35(27-47-25-33-14-10-11-15-34(33)26-47)22-28(2)16-17-36(48)29(3)23-32(18-21-46-19-12-9-13-20-46)43(30(4)37(49)24-39(50)54-38)55-44-42(52)40(45(6)7)41(51)31(5)53-44/h10-11,14-17,22,29-32,35,37-38,40-44,49,51-52H,8-9,12-13,18-21,23-27H2,1-7H3/b17-16+,28-22+/t29-,30+,31-,32+,35-,37-,38-,40+,41-,42-,43-,44+/m1/s1. The molecule has 0 spiro atoms. The fourth-order valence-electron chi connectivity index (χ4n) is 9.22. The van der Waals surface area contributed by atoms with Gasteiger partial charge < -0.3 is 39.3 Å². The summed E-state index contributed by atoms with van der Waals surface area (Å²) in [5.74, 6) is -1.74. The molecule has 3 N–H and O–H groups in total. The van der Waals surface area contributed by atoms with Gasteiger partial charge in [-0.2, -0.15) is 0 Å². The summed E-state index contributed by atoms with van der Waals surface area (Å²) >= 11 is 0. The SMILES string of the molecule is CC[C@H]1OC(=O)C[C@@H](O)[C@H](C)[C@@H](O[C@@H]2O[C@H](C)[C@@H](O)[C@H](N(C)C)[C@H]2O)[C@@H](CCN2CCCCC2)C[C@@H](C)C(=O)/C=C/C(C)=C/[C@@H]1CN1Cc2ccccc2C1. The molecule has 5 rings (SSSR count). The molecule has 11 nitrogen and oxygen atoms in total. The number of aliphatic hydroxyl groups excluding tert-OH is 3. The second-order valence-electron chi connectivity index (χ2n) is 17.1. The Hall–Kier alpha value is -2.48. The number of likely N-dealkylation sites (N-methyl/N-ethyl adjacent to an activating group) is 1. The Balaban J connectivity index is 1.45. The van der Waals surface area contributed by atoms with Crippen molar-refractivity contribution in [1.82, 2.24) is 14.7 Å². The Bertz CT molecular complexity index is 1440. The molecule has 308 valence electrons. The zero-order valence-corrected chi connectivity index (χ0v) is 34.4. The van der Waals surface area contributed by atoms with Crippen LogP contribution in [0, 0.1) is 23.7 Å². The number of benzene rings is 1. The quantitative estimate of drug-likeness (QED) is 0.302. The molecule has 55 heavy (non-hydrogen) atoms. The van der Waals surface area contributed by atoms with Gasteiger partial charge in [0.2, 0.25) is 0 Å². The molecule has 1 aromatic carbocycles. The van der Waals surface area contributed by atoms with Crippen molar-refractivity contribution in [2.75, 3.05) is 40.3 Å². The van der Waals surface area contributed by atoms with Gasteiger partial charge in [0, 0.05) is 37.4 Å². The van der Waals surface area contributed by atoms with Gasteiger partial charge in [-0.1, -0.05) is 69.2 Å². The van der Waals surface area contributed by atoms with Gasteiger partial charge in [0.1, 0.15) is 12.2 Å². The van der Waals surface area contributed by atoms with Gasteiger partial charge in [-0.15, -0.1) is 0 Å². The second-order valence-corrected chi connectivity index (χ2v) is 17.1. The molecule has 1 aromatic rings. The summed E-state index contributed by atoms with van der Waals surface area (Å²) in [5, 5.41) is 34.4. The van der Waals surface area contributed by atoms with Crippen molar-refractivity contribution >= 4 is 11.8 Å². The van der Waals surface area contributed by atoms with Crippen molar-refractivity contribution in [2.24, 2.45) is 23.7 Å². The Morgan fingerprint density at radius 1 is 0.927 bits per heavy atom. The number of allylic oxidation sites excluding steroid dienone is 3. The van der Waals surface area contributed by atoms with E-state index < -0.39 is 60.8 Å². The number of ketones is 1. The number of nitrogens with zero attached hydrogens (tertiary/aromatic N) is 3. The van der Waals surface area contributed by atoms with Crippen LogP contribution in [0.25, 0.3) is 0 Å². The van der Waals surface area contributed by atoms with Gasteiger partial charge >= 0.3 is 5.97 Å². The molecule has 0 unspecified atom stereocenters. The normalized spacial score (nSPS) is 38.0. The lowest BCUT2D eigenvalue weighted by molar-refractivity contribution is -0.304. The van der Waals surface area contributed by atoms with Crippen LogP contribution in [0.5, 0.6) is 0 Å². The largest absolute Gasteiger partial charge is 0.462 e. The van der Waals surface area contributed by atoms with E-state index in [1.807, 2.05) is 33.8 Å². The predicted molar refractivity (Wildman–Crippen MR) is 213 cm³/mol. The van der Waals surface area contributed by atoms with Crippen molar-refractivity contribution in [3.63, 3.8) is 0 Å². The van der Waals surface area contributed by atoms with E-state index in [0.29, 0.717) is 25.8 Å². The topological polar surface area (TPSA) is 132 Å². The highest BCUT2D eigenvalue weighted by Crippen LogP contribution is 2.35. The summed E-state index contributed by atoms with van der Waals surface area (Å²) in [6.45, 7) is 14.7. The van der Waals surface area contributed by atoms with Gasteiger partial charge in [-0.05, 0) is 103 Å². The van der Waals surface area contributed by atoms with E-state index in [9.17, 15) is 24.9 Å². The van der Waals surface area contributed by atoms with Crippen LogP contribution in [-0.4, -0.2) is 131 Å². The van der Waals surface area contributed by atoms with E-state index in [4.69, 9.17) is 14.2 Å². The first-order chi connectivity index (χ1) is 26.2. The third kappa shape index (κ3) is 11.6. The number of piperidine rings is 1. The highest BCUT2D eigenvalue weighted by Gasteiger charge is 2.47. The van der Waals surface area contributed by atoms with E-state index in [1.165, 1.54) is 17.5 Å². The summed E-state index contributed by atoms with van der Waals surface area (Å²) < 4.78 is 19.2. The minimum atomic E-state index is -1.18. The highest BCUT2D eigenvalue weighted by molar-refractivity contribution is 5.91. The minimum Gasteiger partial charge on any atom is -0.462 e. The van der Waals surface area contributed by atoms with Gasteiger partial charge in [0.05, 0.1) is 36.9 Å². The molecule has 0 saturated carbocycles. The molecule has 0 amide bonds. The number of hydrogen-bond donors (Lipinski definition) is 3. The third-order valence-electron chi connectivity index (χ3n) is 12.6. The summed E-state index contributed by atoms with van der Waals surface area (Å²) in [5.41, 5.74) is 3.53. The Kier molecular flexibility index (Phi) is 16.1. The monoisotopic (exact) mass is 768 g/mol. The first kappa shape index (κ1) is 43.6. The van der Waals surface area contributed by atoms with E-state index in [-0.39, 0.29) is 30.0 Å². The number of rotatable bonds is 9. The van der Waals surface area contributed by atoms with Crippen LogP contribution in [0.4, 0.5) is 0 Å². The molecule has 4 aliphatic heterocycles. The summed E-state index contributed by atoms with van der Waals surface area (Å²) in [6, 6.07) is 7.80. The zero-order valence-electron chi connectivity index (χ0n) is 34.4. The van der Waals surface area contributed by atoms with Crippen molar-refractivity contribution in [3.05, 3.63) is 59.2 Å². The maximum atomic E-state index is 13.9. The molecular formula is C44H69N3O8. The van der Waals surface area contributed by atoms with Crippen molar-refractivity contribution in [2.45, 2.75) is 142 Å². The molecule has 0 aliphatic carbocycles. The van der Waals surface area contributed by atoms with Gasteiger partial charge in [-0.25, -0.2) is 0 Å². The van der Waals surface area contributed by atoms with Crippen LogP contribution in [0.1, 0.15) is 90.7 Å². The lowest BCUT2D eigenvalue weighted by Crippen LogP contribution is -2.63. The van der Waals surface area contributed by atoms with Crippen molar-refractivity contribution < 1.29 is 39.1 Å². The van der Waals surface area contributed by atoms with Crippen LogP contribution in [-0.2, 0) is 36.9 Å². The lowest BCUT2D eigenvalue weighted by atomic mass is 9.79. The molecular weight excluding hydrogens is 698 g/mol. The van der Waals surface area contributed by atoms with Crippen LogP contribution in [0.3, 0.4) is 0 Å². The van der Waals surface area contributed by atoms with Crippen LogP contribution < -0.4 is 0 Å². The Labute approximate surface area is 329 Å². The fourth-order valence-corrected chi connectivity index (χ4v) is 9.22. The predicted octanol–water partition coefficient (Wildman–Crippen LogP) is 4.71. The maximum Gasteiger partial charge on any atom is 0.308 e. The smallest absolute Gasteiger partial charge is 0.308 e. The number of hydrogen-bond acceptors (Lipinski definition) is 11. The molecule has 4 aliphatic rings. The molecule has 0 aromatic heterocycles. The summed E-state index contributed by atoms with van der Waals surface area (Å²) in [4.78, 5) is 34.2. The number of cyclic esters (lactones) is 1. The van der Waals surface area contributed by atoms with E-state index in [0.717, 1.165) is 51.1 Å². The highest BCUT2D eigenvalue weighted by atomic mass is 16.7. The van der Waals surface area contributed by atoms with Gasteiger partial charge in [-0.3, -0.25) is 14.5 Å². The average Bonchev–Trinajstić information content (AvgIpc) is 3.57. The Morgan fingerprint density at radius 3 is 2.24 bits per heavy atom. The van der Waals surface area contributed by atoms with Crippen LogP contribution in [0.2, 0.25) is 0 Å². The summed E-state index contributed by atoms with van der Waals surface area (Å²) in [7, 11) is 3.60. The average molecular weight is 768 g/mol.